The monoisotopic (exact) mass is 274 g/mol. The molecule has 0 spiro atoms. The van der Waals surface area contributed by atoms with E-state index in [9.17, 15) is 4.79 Å². The van der Waals surface area contributed by atoms with Crippen molar-refractivity contribution in [1.82, 2.24) is 10.3 Å². The predicted octanol–water partition coefficient (Wildman–Crippen LogP) is 2.18. The second-order valence-electron chi connectivity index (χ2n) is 3.89. The number of hydrogen-bond acceptors (Lipinski definition) is 4. The van der Waals surface area contributed by atoms with Crippen LogP contribution in [-0.2, 0) is 4.79 Å². The lowest BCUT2D eigenvalue weighted by atomic mass is 10.3. The van der Waals surface area contributed by atoms with Gasteiger partial charge in [-0.3, -0.25) is 4.79 Å². The van der Waals surface area contributed by atoms with Crippen molar-refractivity contribution in [2.45, 2.75) is 13.3 Å². The van der Waals surface area contributed by atoms with Gasteiger partial charge in [-0.2, -0.15) is 0 Å². The molecule has 1 aromatic heterocycles. The molecule has 0 bridgehead atoms. The molecule has 0 fully saturated rings. The van der Waals surface area contributed by atoms with Crippen molar-refractivity contribution in [2.24, 2.45) is 0 Å². The van der Waals surface area contributed by atoms with E-state index < -0.39 is 0 Å². The summed E-state index contributed by atoms with van der Waals surface area (Å²) in [5, 5.41) is 3.48. The molecule has 1 amide bonds. The fraction of sp³-hybridized carbons (Fsp3) is 0.286. The normalized spacial score (nSPS) is 9.79. The number of rotatable bonds is 3. The van der Waals surface area contributed by atoms with Crippen molar-refractivity contribution >= 4 is 27.5 Å². The molecule has 0 aliphatic carbocycles. The summed E-state index contributed by atoms with van der Waals surface area (Å²) < 4.78 is 6.23. The maximum absolute atomic E-state index is 10.7. The third-order valence-corrected chi connectivity index (χ3v) is 3.35. The van der Waals surface area contributed by atoms with E-state index in [1.807, 2.05) is 18.2 Å². The molecular formula is C14H14N2O2S. The van der Waals surface area contributed by atoms with Crippen LogP contribution in [0.15, 0.2) is 18.2 Å². The van der Waals surface area contributed by atoms with Crippen LogP contribution in [0.1, 0.15) is 18.4 Å². The zero-order valence-electron chi connectivity index (χ0n) is 10.8. The van der Waals surface area contributed by atoms with Crippen molar-refractivity contribution in [3.8, 4) is 17.6 Å². The largest absolute Gasteiger partial charge is 0.497 e. The molecule has 0 aliphatic rings. The number of methoxy groups -OCH3 is 1. The maximum atomic E-state index is 10.7. The molecule has 98 valence electrons. The van der Waals surface area contributed by atoms with Crippen LogP contribution in [0, 0.1) is 11.8 Å². The van der Waals surface area contributed by atoms with Gasteiger partial charge in [0.2, 0.25) is 5.91 Å². The van der Waals surface area contributed by atoms with Crippen molar-refractivity contribution in [3.63, 3.8) is 0 Å². The summed E-state index contributed by atoms with van der Waals surface area (Å²) in [6.07, 6.45) is 0.624. The van der Waals surface area contributed by atoms with E-state index >= 15 is 0 Å². The van der Waals surface area contributed by atoms with E-state index in [0.29, 0.717) is 13.0 Å². The third kappa shape index (κ3) is 3.70. The van der Waals surface area contributed by atoms with Gasteiger partial charge in [-0.1, -0.05) is 5.92 Å². The van der Waals surface area contributed by atoms with Crippen LogP contribution < -0.4 is 10.1 Å². The first-order chi connectivity index (χ1) is 9.19. The number of amides is 1. The fourth-order valence-corrected chi connectivity index (χ4v) is 2.39. The highest BCUT2D eigenvalue weighted by Gasteiger charge is 2.02. The van der Waals surface area contributed by atoms with Crippen LogP contribution in [0.5, 0.6) is 5.75 Å². The average Bonchev–Trinajstić information content (AvgIpc) is 2.79. The average molecular weight is 274 g/mol. The Labute approximate surface area is 115 Å². The van der Waals surface area contributed by atoms with Crippen molar-refractivity contribution in [1.29, 1.82) is 0 Å². The predicted molar refractivity (Wildman–Crippen MR) is 76.4 cm³/mol. The van der Waals surface area contributed by atoms with Crippen LogP contribution in [0.3, 0.4) is 0 Å². The number of ether oxygens (including phenoxy) is 1. The second-order valence-corrected chi connectivity index (χ2v) is 4.92. The van der Waals surface area contributed by atoms with Crippen LogP contribution in [-0.4, -0.2) is 24.5 Å². The van der Waals surface area contributed by atoms with E-state index in [-0.39, 0.29) is 5.91 Å². The molecule has 19 heavy (non-hydrogen) atoms. The molecule has 1 N–H and O–H groups in total. The summed E-state index contributed by atoms with van der Waals surface area (Å²) in [7, 11) is 1.64. The summed E-state index contributed by atoms with van der Waals surface area (Å²) in [6.45, 7) is 2.06. The Morgan fingerprint density at radius 2 is 2.37 bits per heavy atom. The Kier molecular flexibility index (Phi) is 4.37. The number of carbonyl (C=O) groups excluding carboxylic acids is 1. The molecular weight excluding hydrogens is 260 g/mol. The Morgan fingerprint density at radius 1 is 1.53 bits per heavy atom. The lowest BCUT2D eigenvalue weighted by Gasteiger charge is -1.96. The van der Waals surface area contributed by atoms with Gasteiger partial charge in [0.1, 0.15) is 5.75 Å². The summed E-state index contributed by atoms with van der Waals surface area (Å²) >= 11 is 1.54. The third-order valence-electron chi connectivity index (χ3n) is 2.41. The van der Waals surface area contributed by atoms with E-state index in [4.69, 9.17) is 4.74 Å². The highest BCUT2D eigenvalue weighted by molar-refractivity contribution is 7.19. The molecule has 5 heteroatoms. The van der Waals surface area contributed by atoms with Gasteiger partial charge in [-0.05, 0) is 24.1 Å². The summed E-state index contributed by atoms with van der Waals surface area (Å²) in [6, 6.07) is 5.76. The molecule has 1 aromatic carbocycles. The van der Waals surface area contributed by atoms with Gasteiger partial charge >= 0.3 is 0 Å². The quantitative estimate of drug-likeness (QED) is 0.689. The summed E-state index contributed by atoms with van der Waals surface area (Å²) in [4.78, 5) is 15.1. The molecule has 0 unspecified atom stereocenters. The Bertz CT molecular complexity index is 652. The van der Waals surface area contributed by atoms with Crippen LogP contribution in [0.4, 0.5) is 0 Å². The minimum atomic E-state index is -0.0334. The van der Waals surface area contributed by atoms with Crippen LogP contribution in [0.2, 0.25) is 0 Å². The number of thiazole rings is 1. The number of nitrogens with zero attached hydrogens (tertiary/aromatic N) is 1. The van der Waals surface area contributed by atoms with Gasteiger partial charge in [0.15, 0.2) is 5.01 Å². The summed E-state index contributed by atoms with van der Waals surface area (Å²) in [5.41, 5.74) is 0.928. The first-order valence-electron chi connectivity index (χ1n) is 5.87. The number of nitrogens with one attached hydrogen (secondary N) is 1. The topological polar surface area (TPSA) is 51.2 Å². The van der Waals surface area contributed by atoms with Crippen LogP contribution in [0.25, 0.3) is 10.2 Å². The van der Waals surface area contributed by atoms with Gasteiger partial charge < -0.3 is 10.1 Å². The first kappa shape index (κ1) is 13.4. The summed E-state index contributed by atoms with van der Waals surface area (Å²) in [5.74, 6) is 6.80. The smallest absolute Gasteiger partial charge is 0.216 e. The number of carbonyl (C=O) groups is 1. The SMILES string of the molecule is COc1ccc2nc(C#CCCNC(C)=O)sc2c1. The molecule has 0 saturated heterocycles. The molecule has 0 saturated carbocycles. The highest BCUT2D eigenvalue weighted by Crippen LogP contribution is 2.25. The van der Waals surface area contributed by atoms with E-state index in [2.05, 4.69) is 22.1 Å². The molecule has 0 radical (unpaired) electrons. The minimum Gasteiger partial charge on any atom is -0.497 e. The van der Waals surface area contributed by atoms with Crippen LogP contribution >= 0.6 is 11.3 Å². The van der Waals surface area contributed by atoms with E-state index in [1.165, 1.54) is 18.3 Å². The van der Waals surface area contributed by atoms with E-state index in [0.717, 1.165) is 21.0 Å². The zero-order valence-corrected chi connectivity index (χ0v) is 11.6. The molecule has 0 aliphatic heterocycles. The Balaban J connectivity index is 2.05. The lowest BCUT2D eigenvalue weighted by Crippen LogP contribution is -2.20. The maximum Gasteiger partial charge on any atom is 0.216 e. The Morgan fingerprint density at radius 3 is 3.11 bits per heavy atom. The molecule has 2 rings (SSSR count). The van der Waals surface area contributed by atoms with Gasteiger partial charge in [-0.15, -0.1) is 11.3 Å². The number of aromatic nitrogens is 1. The fourth-order valence-electron chi connectivity index (χ4n) is 1.52. The highest BCUT2D eigenvalue weighted by atomic mass is 32.1. The zero-order chi connectivity index (χ0) is 13.7. The standard InChI is InChI=1S/C14H14N2O2S/c1-10(17)15-8-4-3-5-14-16-12-7-6-11(18-2)9-13(12)19-14/h6-7,9H,4,8H2,1-2H3,(H,15,17). The minimum absolute atomic E-state index is 0.0334. The Hall–Kier alpha value is -2.06. The number of benzene rings is 1. The molecule has 0 atom stereocenters. The van der Waals surface area contributed by atoms with E-state index in [1.54, 1.807) is 7.11 Å². The van der Waals surface area contributed by atoms with Gasteiger partial charge in [0.05, 0.1) is 17.3 Å². The molecule has 2 aromatic rings. The van der Waals surface area contributed by atoms with Gasteiger partial charge in [0.25, 0.3) is 0 Å². The first-order valence-corrected chi connectivity index (χ1v) is 6.68. The number of fused-ring (bicyclic) bond motifs is 1. The second kappa shape index (κ2) is 6.21. The van der Waals surface area contributed by atoms with Crippen molar-refractivity contribution in [3.05, 3.63) is 23.2 Å². The van der Waals surface area contributed by atoms with Crippen molar-refractivity contribution in [2.75, 3.05) is 13.7 Å². The number of hydrogen-bond donors (Lipinski definition) is 1. The molecule has 1 heterocycles. The lowest BCUT2D eigenvalue weighted by molar-refractivity contribution is -0.118. The molecule has 4 nitrogen and oxygen atoms in total. The van der Waals surface area contributed by atoms with Crippen molar-refractivity contribution < 1.29 is 9.53 Å². The van der Waals surface area contributed by atoms with Gasteiger partial charge in [0, 0.05) is 19.9 Å². The van der Waals surface area contributed by atoms with Gasteiger partial charge in [-0.25, -0.2) is 4.98 Å².